The topological polar surface area (TPSA) is 54.5 Å². The highest BCUT2D eigenvalue weighted by Gasteiger charge is 2.19. The number of carbonyl (C=O) groups excluding carboxylic acids is 1. The quantitative estimate of drug-likeness (QED) is 0.474. The third-order valence-electron chi connectivity index (χ3n) is 5.56. The van der Waals surface area contributed by atoms with Gasteiger partial charge in [0.1, 0.15) is 17.9 Å². The molecule has 0 atom stereocenters. The van der Waals surface area contributed by atoms with Crippen LogP contribution in [-0.2, 0) is 13.1 Å². The zero-order chi connectivity index (χ0) is 21.0. The maximum absolute atomic E-state index is 12.7. The predicted octanol–water partition coefficient (Wildman–Crippen LogP) is 4.56. The average molecular weight is 409 g/mol. The molecule has 3 aromatic carbocycles. The number of para-hydroxylation sites is 1. The lowest BCUT2D eigenvalue weighted by Crippen LogP contribution is -2.28. The Morgan fingerprint density at radius 3 is 2.55 bits per heavy atom. The number of hydrogen-bond acceptors (Lipinski definition) is 4. The summed E-state index contributed by atoms with van der Waals surface area (Å²) in [6.07, 6.45) is 1.75. The minimum absolute atomic E-state index is 0.0989. The summed E-state index contributed by atoms with van der Waals surface area (Å²) < 4.78 is 5.86. The first kappa shape index (κ1) is 19.1. The molecule has 1 aliphatic rings. The van der Waals surface area contributed by atoms with Crippen LogP contribution < -0.4 is 15.0 Å². The van der Waals surface area contributed by atoms with Gasteiger partial charge in [0.2, 0.25) is 0 Å². The van der Waals surface area contributed by atoms with E-state index in [1.807, 2.05) is 48.5 Å². The molecule has 0 aliphatic carbocycles. The average Bonchev–Trinajstić information content (AvgIpc) is 3.26. The van der Waals surface area contributed by atoms with Crippen molar-refractivity contribution in [2.45, 2.75) is 13.1 Å². The van der Waals surface area contributed by atoms with Crippen LogP contribution in [0.1, 0.15) is 21.5 Å². The molecule has 1 aromatic heterocycles. The summed E-state index contributed by atoms with van der Waals surface area (Å²) >= 11 is 0. The first-order chi connectivity index (χ1) is 15.3. The molecule has 1 aliphatic heterocycles. The molecule has 0 radical (unpaired) electrons. The van der Waals surface area contributed by atoms with Crippen molar-refractivity contribution in [1.29, 1.82) is 0 Å². The standard InChI is InChI=1S/C26H23N3O2/c30-26(28-14-15-31-24-12-4-8-19-10-5-13-27-25(19)24)20-9-3-11-23(16-20)29-17-21-6-1-2-7-22(21)18-29/h1-13,16H,14-15,17-18H2,(H,28,30). The van der Waals surface area contributed by atoms with Crippen molar-refractivity contribution in [3.05, 3.63) is 102 Å². The minimum atomic E-state index is -0.0989. The molecule has 154 valence electrons. The van der Waals surface area contributed by atoms with Gasteiger partial charge in [0.25, 0.3) is 5.91 Å². The summed E-state index contributed by atoms with van der Waals surface area (Å²) in [6.45, 7) is 2.53. The van der Waals surface area contributed by atoms with Crippen LogP contribution in [0.2, 0.25) is 0 Å². The van der Waals surface area contributed by atoms with E-state index in [9.17, 15) is 4.79 Å². The molecule has 5 rings (SSSR count). The molecule has 1 N–H and O–H groups in total. The summed E-state index contributed by atoms with van der Waals surface area (Å²) in [7, 11) is 0. The van der Waals surface area contributed by atoms with E-state index >= 15 is 0 Å². The molecule has 0 unspecified atom stereocenters. The van der Waals surface area contributed by atoms with Gasteiger partial charge < -0.3 is 15.0 Å². The number of benzene rings is 3. The minimum Gasteiger partial charge on any atom is -0.489 e. The fourth-order valence-corrected chi connectivity index (χ4v) is 3.98. The van der Waals surface area contributed by atoms with Gasteiger partial charge in [-0.3, -0.25) is 9.78 Å². The number of nitrogens with one attached hydrogen (secondary N) is 1. The van der Waals surface area contributed by atoms with Crippen molar-refractivity contribution >= 4 is 22.5 Å². The Kier molecular flexibility index (Phi) is 5.23. The van der Waals surface area contributed by atoms with Crippen molar-refractivity contribution in [1.82, 2.24) is 10.3 Å². The van der Waals surface area contributed by atoms with E-state index < -0.39 is 0 Å². The van der Waals surface area contributed by atoms with Crippen LogP contribution in [0.3, 0.4) is 0 Å². The summed E-state index contributed by atoms with van der Waals surface area (Å²) in [5.41, 5.74) is 5.23. The Hall–Kier alpha value is -3.86. The second-order valence-corrected chi connectivity index (χ2v) is 7.61. The van der Waals surface area contributed by atoms with E-state index in [-0.39, 0.29) is 5.91 Å². The Balaban J connectivity index is 1.18. The van der Waals surface area contributed by atoms with Crippen LogP contribution in [-0.4, -0.2) is 24.0 Å². The molecule has 0 spiro atoms. The SMILES string of the molecule is O=C(NCCOc1cccc2cccnc12)c1cccc(N2Cc3ccccc3C2)c1. The normalized spacial score (nSPS) is 12.6. The first-order valence-electron chi connectivity index (χ1n) is 10.4. The van der Waals surface area contributed by atoms with Gasteiger partial charge in [0, 0.05) is 35.9 Å². The largest absolute Gasteiger partial charge is 0.489 e. The second kappa shape index (κ2) is 8.48. The zero-order valence-corrected chi connectivity index (χ0v) is 17.1. The number of nitrogens with zero attached hydrogens (tertiary/aromatic N) is 2. The molecule has 4 aromatic rings. The number of ether oxygens (including phenoxy) is 1. The molecule has 0 fully saturated rings. The Bertz CT molecular complexity index is 1210. The maximum Gasteiger partial charge on any atom is 0.251 e. The number of pyridine rings is 1. The molecule has 0 saturated heterocycles. The number of carbonyl (C=O) groups is 1. The van der Waals surface area contributed by atoms with E-state index in [1.54, 1.807) is 6.20 Å². The molecule has 31 heavy (non-hydrogen) atoms. The lowest BCUT2D eigenvalue weighted by molar-refractivity contribution is 0.0947. The first-order valence-corrected chi connectivity index (χ1v) is 10.4. The van der Waals surface area contributed by atoms with Gasteiger partial charge in [0.05, 0.1) is 6.54 Å². The van der Waals surface area contributed by atoms with Gasteiger partial charge in [-0.25, -0.2) is 0 Å². The molecule has 2 heterocycles. The number of hydrogen-bond donors (Lipinski definition) is 1. The molecule has 0 saturated carbocycles. The monoisotopic (exact) mass is 409 g/mol. The lowest BCUT2D eigenvalue weighted by atomic mass is 10.1. The highest BCUT2D eigenvalue weighted by atomic mass is 16.5. The van der Waals surface area contributed by atoms with Crippen LogP contribution in [0.15, 0.2) is 85.1 Å². The summed E-state index contributed by atoms with van der Waals surface area (Å²) in [4.78, 5) is 19.3. The number of anilines is 1. The molecule has 0 bridgehead atoms. The second-order valence-electron chi connectivity index (χ2n) is 7.61. The van der Waals surface area contributed by atoms with E-state index in [0.717, 1.165) is 35.4 Å². The van der Waals surface area contributed by atoms with Gasteiger partial charge in [-0.05, 0) is 41.5 Å². The van der Waals surface area contributed by atoms with Crippen LogP contribution in [0.5, 0.6) is 5.75 Å². The fraction of sp³-hybridized carbons (Fsp3) is 0.154. The highest BCUT2D eigenvalue weighted by molar-refractivity contribution is 5.95. The number of amides is 1. The number of aromatic nitrogens is 1. The van der Waals surface area contributed by atoms with E-state index in [0.29, 0.717) is 18.7 Å². The van der Waals surface area contributed by atoms with Crippen LogP contribution >= 0.6 is 0 Å². The number of rotatable bonds is 6. The summed E-state index contributed by atoms with van der Waals surface area (Å²) in [5, 5.41) is 3.98. The Labute approximate surface area is 181 Å². The fourth-order valence-electron chi connectivity index (χ4n) is 3.98. The van der Waals surface area contributed by atoms with E-state index in [4.69, 9.17) is 4.74 Å². The van der Waals surface area contributed by atoms with Crippen molar-refractivity contribution in [2.75, 3.05) is 18.1 Å². The van der Waals surface area contributed by atoms with Gasteiger partial charge in [0.15, 0.2) is 0 Å². The van der Waals surface area contributed by atoms with E-state index in [1.165, 1.54) is 11.1 Å². The summed E-state index contributed by atoms with van der Waals surface area (Å²) in [5.74, 6) is 0.626. The van der Waals surface area contributed by atoms with Gasteiger partial charge in [-0.1, -0.05) is 48.5 Å². The van der Waals surface area contributed by atoms with E-state index in [2.05, 4.69) is 45.5 Å². The van der Waals surface area contributed by atoms with Gasteiger partial charge >= 0.3 is 0 Å². The Morgan fingerprint density at radius 2 is 1.71 bits per heavy atom. The van der Waals surface area contributed by atoms with Crippen LogP contribution in [0.25, 0.3) is 10.9 Å². The van der Waals surface area contributed by atoms with Crippen molar-refractivity contribution < 1.29 is 9.53 Å². The zero-order valence-electron chi connectivity index (χ0n) is 17.1. The predicted molar refractivity (Wildman–Crippen MR) is 122 cm³/mol. The number of fused-ring (bicyclic) bond motifs is 2. The van der Waals surface area contributed by atoms with Crippen molar-refractivity contribution in [3.63, 3.8) is 0 Å². The lowest BCUT2D eigenvalue weighted by Gasteiger charge is -2.18. The van der Waals surface area contributed by atoms with Gasteiger partial charge in [-0.15, -0.1) is 0 Å². The molecule has 1 amide bonds. The Morgan fingerprint density at radius 1 is 0.935 bits per heavy atom. The third-order valence-corrected chi connectivity index (χ3v) is 5.56. The molecular weight excluding hydrogens is 386 g/mol. The molecular formula is C26H23N3O2. The molecule has 5 heteroatoms. The van der Waals surface area contributed by atoms with Crippen LogP contribution in [0, 0.1) is 0 Å². The van der Waals surface area contributed by atoms with Crippen LogP contribution in [0.4, 0.5) is 5.69 Å². The van der Waals surface area contributed by atoms with Crippen molar-refractivity contribution in [3.8, 4) is 5.75 Å². The maximum atomic E-state index is 12.7. The molecule has 5 nitrogen and oxygen atoms in total. The third kappa shape index (κ3) is 4.08. The van der Waals surface area contributed by atoms with Crippen molar-refractivity contribution in [2.24, 2.45) is 0 Å². The smallest absolute Gasteiger partial charge is 0.251 e. The van der Waals surface area contributed by atoms with Gasteiger partial charge in [-0.2, -0.15) is 0 Å². The highest BCUT2D eigenvalue weighted by Crippen LogP contribution is 2.28. The summed E-state index contributed by atoms with van der Waals surface area (Å²) in [6, 6.07) is 26.0.